The Morgan fingerprint density at radius 2 is 2.33 bits per heavy atom. The molecule has 1 saturated carbocycles. The zero-order chi connectivity index (χ0) is 9.14. The van der Waals surface area contributed by atoms with Crippen molar-refractivity contribution in [3.05, 3.63) is 10.1 Å². The number of carbonyl (C=O) groups excluding carboxylic acids is 1. The molecule has 0 N–H and O–H groups in total. The first-order chi connectivity index (χ1) is 5.59. The van der Waals surface area contributed by atoms with Gasteiger partial charge in [-0.15, -0.1) is 0 Å². The molecule has 0 aromatic carbocycles. The molecule has 1 fully saturated rings. The molecule has 1 aliphatic carbocycles. The average molecular weight is 171 g/mol. The summed E-state index contributed by atoms with van der Waals surface area (Å²) in [5.41, 5.74) is 0. The van der Waals surface area contributed by atoms with Crippen molar-refractivity contribution in [3.63, 3.8) is 0 Å². The lowest BCUT2D eigenvalue weighted by atomic mass is 9.80. The SMILES string of the molecule is CC1CCC(=O)C[C@@H]1C[N+](=O)[O-]. The van der Waals surface area contributed by atoms with Crippen LogP contribution < -0.4 is 0 Å². The van der Waals surface area contributed by atoms with Crippen molar-refractivity contribution in [3.8, 4) is 0 Å². The Bertz CT molecular complexity index is 200. The molecule has 0 amide bonds. The second kappa shape index (κ2) is 3.65. The van der Waals surface area contributed by atoms with Crippen molar-refractivity contribution in [1.29, 1.82) is 0 Å². The van der Waals surface area contributed by atoms with Gasteiger partial charge in [-0.25, -0.2) is 0 Å². The number of carbonyl (C=O) groups is 1. The molecule has 1 rings (SSSR count). The monoisotopic (exact) mass is 171 g/mol. The summed E-state index contributed by atoms with van der Waals surface area (Å²) >= 11 is 0. The van der Waals surface area contributed by atoms with Crippen LogP contribution in [0.4, 0.5) is 0 Å². The van der Waals surface area contributed by atoms with Gasteiger partial charge in [0.15, 0.2) is 0 Å². The van der Waals surface area contributed by atoms with Crippen LogP contribution in [-0.4, -0.2) is 17.3 Å². The smallest absolute Gasteiger partial charge is 0.207 e. The molecule has 12 heavy (non-hydrogen) atoms. The summed E-state index contributed by atoms with van der Waals surface area (Å²) in [7, 11) is 0. The minimum atomic E-state index is -0.320. The average Bonchev–Trinajstić information content (AvgIpc) is 1.96. The third-order valence-corrected chi connectivity index (χ3v) is 2.56. The summed E-state index contributed by atoms with van der Waals surface area (Å²) in [6.45, 7) is 1.94. The largest absolute Gasteiger partial charge is 0.300 e. The molecule has 0 aromatic rings. The van der Waals surface area contributed by atoms with E-state index in [1.54, 1.807) is 0 Å². The van der Waals surface area contributed by atoms with E-state index in [-0.39, 0.29) is 23.2 Å². The Hall–Kier alpha value is -0.930. The third-order valence-electron chi connectivity index (χ3n) is 2.56. The molecule has 1 aliphatic rings. The quantitative estimate of drug-likeness (QED) is 0.464. The van der Waals surface area contributed by atoms with Crippen molar-refractivity contribution in [2.45, 2.75) is 26.2 Å². The summed E-state index contributed by atoms with van der Waals surface area (Å²) in [6, 6.07) is 0. The van der Waals surface area contributed by atoms with Crippen molar-refractivity contribution >= 4 is 5.78 Å². The predicted molar refractivity (Wildman–Crippen MR) is 43.4 cm³/mol. The van der Waals surface area contributed by atoms with Gasteiger partial charge >= 0.3 is 0 Å². The first-order valence-electron chi connectivity index (χ1n) is 4.23. The van der Waals surface area contributed by atoms with Gasteiger partial charge in [-0.3, -0.25) is 14.9 Å². The summed E-state index contributed by atoms with van der Waals surface area (Å²) in [5.74, 6) is 0.481. The number of nitrogens with zero attached hydrogens (tertiary/aromatic N) is 1. The normalized spacial score (nSPS) is 30.2. The highest BCUT2D eigenvalue weighted by Crippen LogP contribution is 2.27. The fourth-order valence-electron chi connectivity index (χ4n) is 1.66. The highest BCUT2D eigenvalue weighted by molar-refractivity contribution is 5.79. The Labute approximate surface area is 71.1 Å². The summed E-state index contributed by atoms with van der Waals surface area (Å²) in [5, 5.41) is 10.2. The molecular weight excluding hydrogens is 158 g/mol. The minimum Gasteiger partial charge on any atom is -0.300 e. The van der Waals surface area contributed by atoms with Crippen LogP contribution in [0.2, 0.25) is 0 Å². The maximum atomic E-state index is 11.0. The lowest BCUT2D eigenvalue weighted by molar-refractivity contribution is -0.490. The van der Waals surface area contributed by atoms with E-state index >= 15 is 0 Å². The standard InChI is InChI=1S/C8H13NO3/c1-6-2-3-8(10)4-7(6)5-9(11)12/h6-7H,2-5H2,1H3/t6?,7-/m1/s1. The molecular formula is C8H13NO3. The van der Waals surface area contributed by atoms with E-state index in [9.17, 15) is 14.9 Å². The van der Waals surface area contributed by atoms with Gasteiger partial charge in [0.05, 0.1) is 0 Å². The lowest BCUT2D eigenvalue weighted by Gasteiger charge is -2.24. The minimum absolute atomic E-state index is 0.0266. The van der Waals surface area contributed by atoms with E-state index in [4.69, 9.17) is 0 Å². The third kappa shape index (κ3) is 2.29. The van der Waals surface area contributed by atoms with Crippen molar-refractivity contribution in [2.75, 3.05) is 6.54 Å². The van der Waals surface area contributed by atoms with Crippen LogP contribution in [0.1, 0.15) is 26.2 Å². The van der Waals surface area contributed by atoms with Gasteiger partial charge in [-0.2, -0.15) is 0 Å². The van der Waals surface area contributed by atoms with Crippen molar-refractivity contribution in [2.24, 2.45) is 11.8 Å². The Morgan fingerprint density at radius 3 is 2.92 bits per heavy atom. The Kier molecular flexibility index (Phi) is 2.78. The van der Waals surface area contributed by atoms with Crippen LogP contribution in [-0.2, 0) is 4.79 Å². The molecule has 0 spiro atoms. The number of hydrogen-bond acceptors (Lipinski definition) is 3. The van der Waals surface area contributed by atoms with Gasteiger partial charge < -0.3 is 0 Å². The molecule has 0 radical (unpaired) electrons. The first kappa shape index (κ1) is 9.16. The molecule has 0 saturated heterocycles. The molecule has 0 bridgehead atoms. The number of rotatable bonds is 2. The van der Waals surface area contributed by atoms with Gasteiger partial charge in [0.1, 0.15) is 5.78 Å². The highest BCUT2D eigenvalue weighted by atomic mass is 16.6. The predicted octanol–water partition coefficient (Wildman–Crippen LogP) is 1.27. The van der Waals surface area contributed by atoms with Gasteiger partial charge in [0, 0.05) is 23.7 Å². The number of hydrogen-bond donors (Lipinski definition) is 0. The van der Waals surface area contributed by atoms with Gasteiger partial charge in [-0.1, -0.05) is 6.92 Å². The van der Waals surface area contributed by atoms with Gasteiger partial charge in [0.25, 0.3) is 0 Å². The summed E-state index contributed by atoms with van der Waals surface area (Å²) < 4.78 is 0. The maximum Gasteiger partial charge on any atom is 0.207 e. The van der Waals surface area contributed by atoms with E-state index in [1.165, 1.54) is 0 Å². The van der Waals surface area contributed by atoms with Crippen molar-refractivity contribution in [1.82, 2.24) is 0 Å². The Morgan fingerprint density at radius 1 is 1.67 bits per heavy atom. The zero-order valence-corrected chi connectivity index (χ0v) is 7.16. The van der Waals surface area contributed by atoms with Crippen LogP contribution >= 0.6 is 0 Å². The molecule has 68 valence electrons. The topological polar surface area (TPSA) is 60.2 Å². The molecule has 0 aliphatic heterocycles. The second-order valence-electron chi connectivity index (χ2n) is 3.53. The number of ketones is 1. The van der Waals surface area contributed by atoms with E-state index in [0.717, 1.165) is 6.42 Å². The van der Waals surface area contributed by atoms with Gasteiger partial charge in [0.2, 0.25) is 6.54 Å². The van der Waals surface area contributed by atoms with Crippen LogP contribution in [0, 0.1) is 22.0 Å². The van der Waals surface area contributed by atoms with Crippen LogP contribution in [0.5, 0.6) is 0 Å². The van der Waals surface area contributed by atoms with E-state index < -0.39 is 0 Å². The fraction of sp³-hybridized carbons (Fsp3) is 0.875. The van der Waals surface area contributed by atoms with Crippen LogP contribution in [0.25, 0.3) is 0 Å². The van der Waals surface area contributed by atoms with Crippen molar-refractivity contribution < 1.29 is 9.72 Å². The van der Waals surface area contributed by atoms with E-state index in [2.05, 4.69) is 0 Å². The molecule has 4 nitrogen and oxygen atoms in total. The molecule has 4 heteroatoms. The maximum absolute atomic E-state index is 11.0. The first-order valence-corrected chi connectivity index (χ1v) is 4.23. The zero-order valence-electron chi connectivity index (χ0n) is 7.16. The summed E-state index contributed by atoms with van der Waals surface area (Å²) in [4.78, 5) is 20.9. The lowest BCUT2D eigenvalue weighted by Crippen LogP contribution is -2.28. The van der Waals surface area contributed by atoms with Gasteiger partial charge in [-0.05, 0) is 12.3 Å². The van der Waals surface area contributed by atoms with Crippen LogP contribution in [0.3, 0.4) is 0 Å². The molecule has 0 heterocycles. The second-order valence-corrected chi connectivity index (χ2v) is 3.53. The van der Waals surface area contributed by atoms with E-state index in [1.807, 2.05) is 6.92 Å². The highest BCUT2D eigenvalue weighted by Gasteiger charge is 2.29. The number of Topliss-reactive ketones (excluding diaryl/α,β-unsaturated/α-hetero) is 1. The molecule has 0 aromatic heterocycles. The van der Waals surface area contributed by atoms with E-state index in [0.29, 0.717) is 18.8 Å². The Balaban J connectivity index is 2.49. The molecule has 2 atom stereocenters. The summed E-state index contributed by atoms with van der Waals surface area (Å²) in [6.07, 6.45) is 1.83. The number of nitro groups is 1. The molecule has 1 unspecified atom stereocenters. The fourth-order valence-corrected chi connectivity index (χ4v) is 1.66. The van der Waals surface area contributed by atoms with Crippen LogP contribution in [0.15, 0.2) is 0 Å².